The molecule has 5 heterocycles. The van der Waals surface area contributed by atoms with E-state index in [9.17, 15) is 79.2 Å². The fourth-order valence-electron chi connectivity index (χ4n) is 14.7. The molecule has 0 unspecified atom stereocenters. The first kappa shape index (κ1) is 102. The summed E-state index contributed by atoms with van der Waals surface area (Å²) in [6.45, 7) is 2.64. The van der Waals surface area contributed by atoms with Crippen molar-refractivity contribution >= 4 is 198 Å². The van der Waals surface area contributed by atoms with Gasteiger partial charge in [0.25, 0.3) is 0 Å². The highest BCUT2D eigenvalue weighted by molar-refractivity contribution is 9.11. The number of rotatable bonds is 20. The Labute approximate surface area is 796 Å². The fraction of sp³-hybridized carbons (Fsp3) is 0.278. The average Bonchev–Trinajstić information content (AvgIpc) is 0.813. The van der Waals surface area contributed by atoms with Crippen LogP contribution in [0.15, 0.2) is 276 Å². The molecule has 40 heteroatoms. The van der Waals surface area contributed by atoms with Crippen LogP contribution in [0.2, 0.25) is 25.1 Å². The Kier molecular flexibility index (Phi) is 36.6. The van der Waals surface area contributed by atoms with E-state index < -0.39 is 103 Å². The van der Waals surface area contributed by atoms with Crippen molar-refractivity contribution in [2.45, 2.75) is 88.7 Å². The molecule has 10 aromatic carbocycles. The normalized spacial score (nSPS) is 18.5. The Morgan fingerprint density at radius 3 is 0.762 bits per heavy atom. The molecule has 0 bridgehead atoms. The van der Waals surface area contributed by atoms with Crippen LogP contribution in [0.4, 0.5) is 41.6 Å². The SMILES string of the molecule is O=C(Nc1ccc(Br)c(Cl)c1)[C@H]1CCCN(S(=O)(=O)c2ccccc2)C1.O=C(Nc1ccc(Cl)c(Br)c1)[C@H]1CCCN(S(=O)(=O)c2ccccc2)C1.O=C(Nc1ccc(Cl)c(Cl)c1)[C@H]1CCCN(S(=O)(=O)c2ccccc2)C1.O=C(Nc1ccc(F)c(Cl)c1)[C@H]1CCCN(S(=O)(=O)c2ccccc2)C1.O=C(Nc1ccc(F)c(F)c1)[C@H]1CCCN(S(=O)(=O)c2ccccc2)C1. The van der Waals surface area contributed by atoms with Gasteiger partial charge in [0.05, 0.1) is 79.2 Å². The number of nitrogens with zero attached hydrogens (tertiary/aromatic N) is 5. The molecule has 25 nitrogen and oxygen atoms in total. The molecule has 15 rings (SSSR count). The van der Waals surface area contributed by atoms with E-state index in [0.29, 0.717) is 144 Å². The van der Waals surface area contributed by atoms with Gasteiger partial charge in [0.2, 0.25) is 79.7 Å². The van der Waals surface area contributed by atoms with Crippen LogP contribution in [0.1, 0.15) is 64.2 Å². The van der Waals surface area contributed by atoms with Gasteiger partial charge in [0.1, 0.15) is 5.82 Å². The number of anilines is 5. The number of halogens is 10. The van der Waals surface area contributed by atoms with E-state index in [1.807, 2.05) is 0 Å². The molecule has 5 aliphatic rings. The quantitative estimate of drug-likeness (QED) is 0.0473. The largest absolute Gasteiger partial charge is 0.326 e. The zero-order valence-corrected chi connectivity index (χ0v) is 80.3. The summed E-state index contributed by atoms with van der Waals surface area (Å²) in [6.07, 6.45) is 6.10. The van der Waals surface area contributed by atoms with Crippen molar-refractivity contribution in [3.8, 4) is 0 Å². The fourth-order valence-corrected chi connectivity index (χ4v) is 23.8. The summed E-state index contributed by atoms with van der Waals surface area (Å²) in [5.41, 5.74) is 2.26. The summed E-state index contributed by atoms with van der Waals surface area (Å²) in [4.78, 5) is 63.8. The lowest BCUT2D eigenvalue weighted by Gasteiger charge is -2.31. The van der Waals surface area contributed by atoms with Crippen LogP contribution in [0.3, 0.4) is 0 Å². The van der Waals surface area contributed by atoms with E-state index in [4.69, 9.17) is 58.0 Å². The highest BCUT2D eigenvalue weighted by atomic mass is 79.9. The Morgan fingerprint density at radius 2 is 0.500 bits per heavy atom. The number of nitrogens with one attached hydrogen (secondary N) is 5. The predicted octanol–water partition coefficient (Wildman–Crippen LogP) is 18.8. The van der Waals surface area contributed by atoms with Crippen molar-refractivity contribution in [2.75, 3.05) is 92.0 Å². The standard InChI is InChI=1S/2C18H18BrClN2O3S.C18H18Cl2N2O3S.C18H18ClFN2O3S.C18H18F2N2O3S/c19-16-11-14(8-9-17(16)20)21-18(23)13-5-4-10-22(12-13)26(24,25)15-6-2-1-3-7-15;2*19-16-9-8-14(11-17(16)20)21-18(23)13-5-4-10-22(12-13)26(24,25)15-6-2-1-3-7-15;19-16-11-14(8-9-17(16)20)21-18(23)13-5-4-10-22(12-13)26(24,25)15-6-2-1-3-7-15;19-16-9-8-14(11-17(16)20)21-18(23)13-5-4-10-22(12-13)26(24,25)15-6-2-1-3-7-15/h5*1-3,6-9,11,13H,4-5,10,12H2,(H,21,23)/t5*13-/m00000/s1. The second-order valence-electron chi connectivity index (χ2n) is 30.7. The Bertz CT molecular complexity index is 5410. The number of benzene rings is 10. The molecular formula is C90H90Br2Cl5F3N10O15S5. The molecular weight excluding hydrogens is 2020 g/mol. The van der Waals surface area contributed by atoms with Crippen molar-refractivity contribution in [3.63, 3.8) is 0 Å². The zero-order valence-electron chi connectivity index (χ0n) is 69.3. The topological polar surface area (TPSA) is 332 Å². The van der Waals surface area contributed by atoms with Crippen molar-refractivity contribution in [2.24, 2.45) is 29.6 Å². The van der Waals surface area contributed by atoms with Gasteiger partial charge < -0.3 is 26.6 Å². The molecule has 690 valence electrons. The smallest absolute Gasteiger partial charge is 0.243 e. The summed E-state index contributed by atoms with van der Waals surface area (Å²) >= 11 is 36.2. The maximum atomic E-state index is 13.3. The minimum atomic E-state index is -3.67. The van der Waals surface area contributed by atoms with Crippen LogP contribution >= 0.6 is 89.9 Å². The summed E-state index contributed by atoms with van der Waals surface area (Å²) < 4.78 is 175. The molecule has 0 aromatic heterocycles. The minimum absolute atomic E-state index is 0.0484. The number of sulfonamides is 5. The maximum absolute atomic E-state index is 13.3. The highest BCUT2D eigenvalue weighted by Crippen LogP contribution is 2.35. The Balaban J connectivity index is 0.000000157. The molecule has 0 saturated carbocycles. The summed E-state index contributed by atoms with van der Waals surface area (Å²) in [5, 5.41) is 15.4. The van der Waals surface area contributed by atoms with Crippen molar-refractivity contribution in [3.05, 3.63) is 294 Å². The number of hydrogen-bond donors (Lipinski definition) is 5. The lowest BCUT2D eigenvalue weighted by atomic mass is 9.98. The van der Waals surface area contributed by atoms with Gasteiger partial charge in [-0.05, 0) is 242 Å². The van der Waals surface area contributed by atoms with Gasteiger partial charge in [0, 0.05) is 109 Å². The summed E-state index contributed by atoms with van der Waals surface area (Å²) in [6, 6.07) is 63.2. The lowest BCUT2D eigenvalue weighted by Crippen LogP contribution is -2.43. The van der Waals surface area contributed by atoms with Crippen molar-refractivity contribution in [1.29, 1.82) is 0 Å². The average molecular weight is 2110 g/mol. The molecule has 130 heavy (non-hydrogen) atoms. The molecule has 5 atom stereocenters. The van der Waals surface area contributed by atoms with Crippen LogP contribution in [0, 0.1) is 47.0 Å². The first-order valence-electron chi connectivity index (χ1n) is 40.9. The molecule has 0 spiro atoms. The minimum Gasteiger partial charge on any atom is -0.326 e. The molecule has 5 saturated heterocycles. The lowest BCUT2D eigenvalue weighted by molar-refractivity contribution is -0.121. The van der Waals surface area contributed by atoms with Crippen LogP contribution in [-0.4, -0.2) is 159 Å². The first-order valence-corrected chi connectivity index (χ1v) is 51.6. The van der Waals surface area contributed by atoms with Gasteiger partial charge in [-0.25, -0.2) is 55.3 Å². The highest BCUT2D eigenvalue weighted by Gasteiger charge is 2.39. The van der Waals surface area contributed by atoms with Gasteiger partial charge in [-0.3, -0.25) is 24.0 Å². The van der Waals surface area contributed by atoms with E-state index in [2.05, 4.69) is 58.4 Å². The van der Waals surface area contributed by atoms with Crippen LogP contribution in [0.5, 0.6) is 0 Å². The molecule has 5 aliphatic heterocycles. The Hall–Kier alpha value is -8.70. The molecule has 5 amide bonds. The number of piperidine rings is 5. The number of carbonyl (C=O) groups excluding carboxylic acids is 5. The van der Waals surface area contributed by atoms with E-state index >= 15 is 0 Å². The second kappa shape index (κ2) is 46.8. The van der Waals surface area contributed by atoms with E-state index in [0.717, 1.165) is 16.6 Å². The third-order valence-electron chi connectivity index (χ3n) is 21.6. The van der Waals surface area contributed by atoms with Gasteiger partial charge in [-0.2, -0.15) is 21.5 Å². The maximum Gasteiger partial charge on any atom is 0.243 e. The van der Waals surface area contributed by atoms with E-state index in [1.165, 1.54) is 57.9 Å². The summed E-state index contributed by atoms with van der Waals surface area (Å²) in [5.74, 6) is -6.20. The molecule has 10 aromatic rings. The monoisotopic (exact) mass is 2100 g/mol. The van der Waals surface area contributed by atoms with Crippen LogP contribution in [0.25, 0.3) is 0 Å². The third kappa shape index (κ3) is 27.5. The van der Waals surface area contributed by atoms with Gasteiger partial charge in [0.15, 0.2) is 11.6 Å². The van der Waals surface area contributed by atoms with E-state index in [-0.39, 0.29) is 91.5 Å². The number of hydrogen-bond acceptors (Lipinski definition) is 15. The Morgan fingerprint density at radius 1 is 0.262 bits per heavy atom. The van der Waals surface area contributed by atoms with Crippen molar-refractivity contribution < 1.29 is 79.2 Å². The zero-order chi connectivity index (χ0) is 93.7. The predicted molar refractivity (Wildman–Crippen MR) is 505 cm³/mol. The van der Waals surface area contributed by atoms with Crippen LogP contribution in [-0.2, 0) is 74.1 Å². The van der Waals surface area contributed by atoms with E-state index in [1.54, 1.807) is 194 Å². The molecule has 5 fully saturated rings. The first-order chi connectivity index (χ1) is 61.9. The van der Waals surface area contributed by atoms with Gasteiger partial charge in [-0.15, -0.1) is 0 Å². The number of amides is 5. The third-order valence-corrected chi connectivity index (χ3v) is 34.5. The summed E-state index contributed by atoms with van der Waals surface area (Å²) in [7, 11) is -18.1. The van der Waals surface area contributed by atoms with Gasteiger partial charge >= 0.3 is 0 Å². The van der Waals surface area contributed by atoms with Crippen LogP contribution < -0.4 is 26.6 Å². The molecule has 0 radical (unpaired) electrons. The molecule has 5 N–H and O–H groups in total. The number of carbonyl (C=O) groups is 5. The second-order valence-corrected chi connectivity index (χ2v) is 44.1. The van der Waals surface area contributed by atoms with Gasteiger partial charge in [-0.1, -0.05) is 149 Å². The van der Waals surface area contributed by atoms with Crippen molar-refractivity contribution in [1.82, 2.24) is 21.5 Å². The molecule has 0 aliphatic carbocycles.